The van der Waals surface area contributed by atoms with Crippen LogP contribution in [0, 0.1) is 0 Å². The summed E-state index contributed by atoms with van der Waals surface area (Å²) in [5, 5.41) is 7.73. The van der Waals surface area contributed by atoms with E-state index in [0.29, 0.717) is 23.2 Å². The second-order valence-corrected chi connectivity index (χ2v) is 7.06. The van der Waals surface area contributed by atoms with Crippen molar-refractivity contribution >= 4 is 27.6 Å². The maximum absolute atomic E-state index is 5.51. The fourth-order valence-corrected chi connectivity index (χ4v) is 3.67. The van der Waals surface area contributed by atoms with Crippen molar-refractivity contribution in [3.8, 4) is 17.2 Å². The normalized spacial score (nSPS) is 15.3. The molecule has 7 nitrogen and oxygen atoms in total. The highest BCUT2D eigenvalue weighted by molar-refractivity contribution is 9.10. The highest BCUT2D eigenvalue weighted by Gasteiger charge is 2.26. The van der Waals surface area contributed by atoms with Crippen LogP contribution in [0.4, 0.5) is 5.95 Å². The summed E-state index contributed by atoms with van der Waals surface area (Å²) in [5.74, 6) is 2.40. The zero-order chi connectivity index (χ0) is 19.7. The first kappa shape index (κ1) is 18.4. The third kappa shape index (κ3) is 3.20. The molecule has 1 aliphatic heterocycles. The van der Waals surface area contributed by atoms with Crippen molar-refractivity contribution in [1.29, 1.82) is 0 Å². The molecule has 28 heavy (non-hydrogen) atoms. The Balaban J connectivity index is 1.86. The SMILES string of the molecule is COc1cc([C@H]2C=C(c3cccc(Br)c3)Nc3ncnn32)cc(OC)c1OC. The van der Waals surface area contributed by atoms with Crippen LogP contribution in [0.3, 0.4) is 0 Å². The number of ether oxygens (including phenoxy) is 3. The van der Waals surface area contributed by atoms with Crippen molar-refractivity contribution in [2.24, 2.45) is 0 Å². The zero-order valence-corrected chi connectivity index (χ0v) is 17.2. The molecule has 0 saturated heterocycles. The first-order valence-corrected chi connectivity index (χ1v) is 9.38. The molecule has 2 heterocycles. The molecule has 1 N–H and O–H groups in total. The van der Waals surface area contributed by atoms with E-state index in [2.05, 4.69) is 43.5 Å². The van der Waals surface area contributed by atoms with E-state index in [1.54, 1.807) is 21.3 Å². The Bertz CT molecular complexity index is 1020. The van der Waals surface area contributed by atoms with Gasteiger partial charge in [-0.3, -0.25) is 0 Å². The number of hydrogen-bond acceptors (Lipinski definition) is 6. The average Bonchev–Trinajstić information content (AvgIpc) is 3.20. The van der Waals surface area contributed by atoms with E-state index < -0.39 is 0 Å². The van der Waals surface area contributed by atoms with Gasteiger partial charge in [0, 0.05) is 10.2 Å². The molecule has 0 aliphatic carbocycles. The van der Waals surface area contributed by atoms with Crippen LogP contribution in [0.2, 0.25) is 0 Å². The molecule has 1 atom stereocenters. The molecule has 0 spiro atoms. The molecule has 0 amide bonds. The molecule has 8 heteroatoms. The first-order valence-electron chi connectivity index (χ1n) is 8.58. The second-order valence-electron chi connectivity index (χ2n) is 6.15. The lowest BCUT2D eigenvalue weighted by Gasteiger charge is -2.25. The lowest BCUT2D eigenvalue weighted by Crippen LogP contribution is -2.20. The largest absolute Gasteiger partial charge is 0.493 e. The molecule has 0 unspecified atom stereocenters. The van der Waals surface area contributed by atoms with Gasteiger partial charge in [0.15, 0.2) is 11.5 Å². The minimum Gasteiger partial charge on any atom is -0.493 e. The van der Waals surface area contributed by atoms with E-state index in [0.717, 1.165) is 21.3 Å². The number of nitrogens with zero attached hydrogens (tertiary/aromatic N) is 3. The number of halogens is 1. The molecule has 1 aliphatic rings. The number of aromatic nitrogens is 3. The van der Waals surface area contributed by atoms with Gasteiger partial charge in [0.05, 0.1) is 21.3 Å². The van der Waals surface area contributed by atoms with Gasteiger partial charge in [-0.25, -0.2) is 4.68 Å². The van der Waals surface area contributed by atoms with E-state index in [-0.39, 0.29) is 6.04 Å². The van der Waals surface area contributed by atoms with Gasteiger partial charge in [-0.05, 0) is 41.5 Å². The minimum absolute atomic E-state index is 0.193. The van der Waals surface area contributed by atoms with Crippen molar-refractivity contribution in [2.75, 3.05) is 26.6 Å². The van der Waals surface area contributed by atoms with Crippen LogP contribution in [-0.4, -0.2) is 36.1 Å². The maximum Gasteiger partial charge on any atom is 0.226 e. The molecule has 3 aromatic rings. The highest BCUT2D eigenvalue weighted by atomic mass is 79.9. The summed E-state index contributed by atoms with van der Waals surface area (Å²) in [6.45, 7) is 0. The van der Waals surface area contributed by atoms with E-state index in [4.69, 9.17) is 14.2 Å². The first-order chi connectivity index (χ1) is 13.6. The Morgan fingerprint density at radius 3 is 2.43 bits per heavy atom. The fourth-order valence-electron chi connectivity index (χ4n) is 3.27. The lowest BCUT2D eigenvalue weighted by atomic mass is 10.0. The van der Waals surface area contributed by atoms with Gasteiger partial charge in [-0.1, -0.05) is 28.1 Å². The Kier molecular flexibility index (Phi) is 4.95. The Labute approximate surface area is 171 Å². The number of hydrogen-bond donors (Lipinski definition) is 1. The summed E-state index contributed by atoms with van der Waals surface area (Å²) in [4.78, 5) is 4.35. The molecule has 0 radical (unpaired) electrons. The summed E-state index contributed by atoms with van der Waals surface area (Å²) >= 11 is 3.53. The van der Waals surface area contributed by atoms with Crippen LogP contribution >= 0.6 is 15.9 Å². The van der Waals surface area contributed by atoms with Gasteiger partial charge in [-0.15, -0.1) is 0 Å². The van der Waals surface area contributed by atoms with Crippen molar-refractivity contribution < 1.29 is 14.2 Å². The summed E-state index contributed by atoms with van der Waals surface area (Å²) in [6, 6.07) is 11.7. The number of anilines is 1. The topological polar surface area (TPSA) is 70.4 Å². The van der Waals surface area contributed by atoms with E-state index in [9.17, 15) is 0 Å². The van der Waals surface area contributed by atoms with Gasteiger partial charge in [0.2, 0.25) is 11.7 Å². The second kappa shape index (κ2) is 7.55. The van der Waals surface area contributed by atoms with E-state index in [1.807, 2.05) is 35.0 Å². The summed E-state index contributed by atoms with van der Waals surface area (Å²) in [6.07, 6.45) is 3.63. The molecule has 0 saturated carbocycles. The van der Waals surface area contributed by atoms with Crippen LogP contribution in [0.25, 0.3) is 5.70 Å². The predicted molar refractivity (Wildman–Crippen MR) is 110 cm³/mol. The molecule has 0 fully saturated rings. The third-order valence-corrected chi connectivity index (χ3v) is 5.07. The van der Waals surface area contributed by atoms with Crippen molar-refractivity contribution in [3.05, 3.63) is 64.4 Å². The van der Waals surface area contributed by atoms with E-state index >= 15 is 0 Å². The van der Waals surface area contributed by atoms with Gasteiger partial charge in [0.25, 0.3) is 0 Å². The van der Waals surface area contributed by atoms with E-state index in [1.165, 1.54) is 6.33 Å². The minimum atomic E-state index is -0.193. The summed E-state index contributed by atoms with van der Waals surface area (Å²) in [7, 11) is 4.80. The van der Waals surface area contributed by atoms with Crippen molar-refractivity contribution in [2.45, 2.75) is 6.04 Å². The van der Waals surface area contributed by atoms with Crippen LogP contribution in [0.1, 0.15) is 17.2 Å². The molecular weight excluding hydrogens is 424 g/mol. The zero-order valence-electron chi connectivity index (χ0n) is 15.6. The maximum atomic E-state index is 5.51. The average molecular weight is 443 g/mol. The monoisotopic (exact) mass is 442 g/mol. The molecule has 4 rings (SSSR count). The Hall–Kier alpha value is -3.00. The van der Waals surface area contributed by atoms with Gasteiger partial charge >= 0.3 is 0 Å². The number of fused-ring (bicyclic) bond motifs is 1. The molecule has 144 valence electrons. The third-order valence-electron chi connectivity index (χ3n) is 4.57. The molecular formula is C20H19BrN4O3. The van der Waals surface area contributed by atoms with Gasteiger partial charge < -0.3 is 19.5 Å². The Morgan fingerprint density at radius 1 is 1.04 bits per heavy atom. The van der Waals surface area contributed by atoms with Crippen LogP contribution in [-0.2, 0) is 0 Å². The molecule has 1 aromatic heterocycles. The molecule has 2 aromatic carbocycles. The fraction of sp³-hybridized carbons (Fsp3) is 0.200. The highest BCUT2D eigenvalue weighted by Crippen LogP contribution is 2.42. The smallest absolute Gasteiger partial charge is 0.226 e. The summed E-state index contributed by atoms with van der Waals surface area (Å²) < 4.78 is 19.3. The number of methoxy groups -OCH3 is 3. The summed E-state index contributed by atoms with van der Waals surface area (Å²) in [5.41, 5.74) is 2.93. The van der Waals surface area contributed by atoms with Crippen LogP contribution < -0.4 is 19.5 Å². The lowest BCUT2D eigenvalue weighted by molar-refractivity contribution is 0.323. The number of allylic oxidation sites excluding steroid dienone is 1. The number of nitrogens with one attached hydrogen (secondary N) is 1. The number of rotatable bonds is 5. The van der Waals surface area contributed by atoms with Crippen molar-refractivity contribution in [3.63, 3.8) is 0 Å². The van der Waals surface area contributed by atoms with Crippen molar-refractivity contribution in [1.82, 2.24) is 14.8 Å². The standard InChI is InChI=1S/C20H19BrN4O3/c1-26-17-8-13(9-18(27-2)19(17)28-3)16-10-15(12-5-4-6-14(21)7-12)24-20-22-11-23-25(16)20/h4-11,16H,1-3H3,(H,22,23,24)/t16-/m1/s1. The quantitative estimate of drug-likeness (QED) is 0.640. The van der Waals surface area contributed by atoms with Gasteiger partial charge in [-0.2, -0.15) is 10.1 Å². The Morgan fingerprint density at radius 2 is 1.79 bits per heavy atom. The number of benzene rings is 2. The predicted octanol–water partition coefficient (Wildman–Crippen LogP) is 4.12. The van der Waals surface area contributed by atoms with Crippen LogP contribution in [0.5, 0.6) is 17.2 Å². The molecule has 0 bridgehead atoms. The van der Waals surface area contributed by atoms with Gasteiger partial charge in [0.1, 0.15) is 12.4 Å². The van der Waals surface area contributed by atoms with Crippen LogP contribution in [0.15, 0.2) is 53.3 Å².